The minimum absolute atomic E-state index is 0.0179. The molecule has 0 aliphatic heterocycles. The molecule has 0 saturated heterocycles. The summed E-state index contributed by atoms with van der Waals surface area (Å²) in [6, 6.07) is 0. The zero-order valence-electron chi connectivity index (χ0n) is 34.3. The maximum absolute atomic E-state index is 12.5. The number of phosphoric acid groups is 1. The molecule has 2 atom stereocenters. The summed E-state index contributed by atoms with van der Waals surface area (Å²) in [7, 11) is 1.43. The van der Waals surface area contributed by atoms with Crippen molar-refractivity contribution < 1.29 is 42.1 Å². The van der Waals surface area contributed by atoms with Crippen LogP contribution in [0.3, 0.4) is 0 Å². The van der Waals surface area contributed by atoms with E-state index in [4.69, 9.17) is 18.5 Å². The second-order valence-electron chi connectivity index (χ2n) is 15.5. The van der Waals surface area contributed by atoms with Gasteiger partial charge in [-0.25, -0.2) is 9.36 Å². The normalized spacial score (nSPS) is 13.9. The predicted octanol–water partition coefficient (Wildman–Crippen LogP) is 11.6. The number of hydrogen-bond donors (Lipinski definition) is 1. The lowest BCUT2D eigenvalue weighted by atomic mass is 10.0. The zero-order valence-corrected chi connectivity index (χ0v) is 35.2. The van der Waals surface area contributed by atoms with Gasteiger partial charge in [0.25, 0.3) is 0 Å². The van der Waals surface area contributed by atoms with Crippen LogP contribution in [0.2, 0.25) is 0 Å². The van der Waals surface area contributed by atoms with Crippen molar-refractivity contribution in [3.05, 3.63) is 24.3 Å². The second kappa shape index (κ2) is 35.2. The van der Waals surface area contributed by atoms with E-state index in [0.717, 1.165) is 32.1 Å². The lowest BCUT2D eigenvalue weighted by molar-refractivity contribution is -0.870. The molecule has 10 heteroatoms. The van der Waals surface area contributed by atoms with Gasteiger partial charge < -0.3 is 18.9 Å². The number of ether oxygens (including phenoxy) is 2. The Hall–Kier alpha value is -1.51. The van der Waals surface area contributed by atoms with Crippen LogP contribution in [0.4, 0.5) is 0 Å². The van der Waals surface area contributed by atoms with Gasteiger partial charge in [0.2, 0.25) is 0 Å². The zero-order chi connectivity index (χ0) is 38.6. The van der Waals surface area contributed by atoms with Crippen molar-refractivity contribution in [2.24, 2.45) is 0 Å². The van der Waals surface area contributed by atoms with Crippen LogP contribution < -0.4 is 0 Å². The summed E-state index contributed by atoms with van der Waals surface area (Å²) in [5.41, 5.74) is 0. The predicted molar refractivity (Wildman–Crippen MR) is 215 cm³/mol. The number of likely N-dealkylation sites (N-methyl/N-ethyl adjacent to an activating group) is 1. The van der Waals surface area contributed by atoms with Gasteiger partial charge in [-0.1, -0.05) is 173 Å². The molecule has 0 fully saturated rings. The van der Waals surface area contributed by atoms with E-state index in [1.807, 2.05) is 33.3 Å². The van der Waals surface area contributed by atoms with E-state index < -0.39 is 32.5 Å². The largest absolute Gasteiger partial charge is 0.472 e. The van der Waals surface area contributed by atoms with E-state index in [1.54, 1.807) is 6.08 Å². The highest BCUT2D eigenvalue weighted by molar-refractivity contribution is 7.47. The van der Waals surface area contributed by atoms with Crippen LogP contribution in [0.15, 0.2) is 24.3 Å². The smallest absolute Gasteiger partial charge is 0.462 e. The van der Waals surface area contributed by atoms with E-state index in [0.29, 0.717) is 11.0 Å². The molecule has 0 rings (SSSR count). The number of quaternary nitrogens is 1. The van der Waals surface area contributed by atoms with Gasteiger partial charge >= 0.3 is 19.8 Å². The van der Waals surface area contributed by atoms with E-state index in [2.05, 4.69) is 13.8 Å². The Morgan fingerprint density at radius 1 is 0.635 bits per heavy atom. The molecular weight excluding hydrogens is 677 g/mol. The van der Waals surface area contributed by atoms with Crippen molar-refractivity contribution in [1.82, 2.24) is 0 Å². The number of hydrogen-bond acceptors (Lipinski definition) is 7. The Kier molecular flexibility index (Phi) is 34.2. The molecule has 0 heterocycles. The van der Waals surface area contributed by atoms with E-state index >= 15 is 0 Å². The molecule has 0 saturated carbocycles. The third kappa shape index (κ3) is 38.2. The molecule has 0 spiro atoms. The van der Waals surface area contributed by atoms with Gasteiger partial charge in [-0.05, 0) is 19.3 Å². The average molecular weight is 759 g/mol. The standard InChI is InChI=1S/C42H80NO8P/c1-6-8-10-12-14-16-18-20-21-23-24-26-28-30-32-34-41(44)48-38-40(39-50-52(46,47)49-37-36-43(3,4)5)51-42(45)35-33-31-29-27-25-22-19-17-15-13-11-9-7-2/h29,31,33,35,40H,6-28,30,32,34,36-39H2,1-5H3/p+1/b31-29+,35-33+. The first-order valence-electron chi connectivity index (χ1n) is 21.1. The van der Waals surface area contributed by atoms with Crippen LogP contribution in [0.25, 0.3) is 0 Å². The van der Waals surface area contributed by atoms with Gasteiger partial charge in [0.1, 0.15) is 19.8 Å². The molecule has 0 aliphatic carbocycles. The molecule has 2 unspecified atom stereocenters. The fraction of sp³-hybridized carbons (Fsp3) is 0.857. The van der Waals surface area contributed by atoms with Crippen LogP contribution >= 0.6 is 7.82 Å². The number of nitrogens with zero attached hydrogens (tertiary/aromatic N) is 1. The Bertz CT molecular complexity index is 949. The fourth-order valence-electron chi connectivity index (χ4n) is 5.74. The third-order valence-electron chi connectivity index (χ3n) is 9.09. The molecule has 9 nitrogen and oxygen atoms in total. The number of rotatable bonds is 38. The van der Waals surface area contributed by atoms with Gasteiger partial charge in [-0.2, -0.15) is 0 Å². The number of carbonyl (C=O) groups excluding carboxylic acids is 2. The first kappa shape index (κ1) is 50.5. The average Bonchev–Trinajstić information content (AvgIpc) is 3.09. The van der Waals surface area contributed by atoms with E-state index in [-0.39, 0.29) is 19.6 Å². The first-order chi connectivity index (χ1) is 25.0. The maximum Gasteiger partial charge on any atom is 0.472 e. The Labute approximate surface area is 319 Å². The minimum atomic E-state index is -4.39. The third-order valence-corrected chi connectivity index (χ3v) is 10.1. The van der Waals surface area contributed by atoms with Gasteiger partial charge in [-0.15, -0.1) is 0 Å². The molecule has 1 N–H and O–H groups in total. The summed E-state index contributed by atoms with van der Waals surface area (Å²) in [5, 5.41) is 0. The van der Waals surface area contributed by atoms with Crippen LogP contribution in [0.1, 0.15) is 181 Å². The summed E-state index contributed by atoms with van der Waals surface area (Å²) in [6.45, 7) is 4.30. The van der Waals surface area contributed by atoms with Gasteiger partial charge in [0.05, 0.1) is 27.7 Å². The van der Waals surface area contributed by atoms with Crippen molar-refractivity contribution in [3.8, 4) is 0 Å². The summed E-state index contributed by atoms with van der Waals surface area (Å²) in [6.07, 6.45) is 37.1. The van der Waals surface area contributed by atoms with Crippen molar-refractivity contribution in [2.45, 2.75) is 187 Å². The number of phosphoric ester groups is 1. The SMILES string of the molecule is CCCCCCCCCCC/C=C/C=C/C(=O)OC(COC(=O)CCCCCCCCCCCCCCCCC)COP(=O)(O)OCC[N+](C)(C)C. The van der Waals surface area contributed by atoms with Crippen molar-refractivity contribution in [3.63, 3.8) is 0 Å². The molecule has 0 bridgehead atoms. The number of esters is 2. The summed E-state index contributed by atoms with van der Waals surface area (Å²) in [5.74, 6) is -1.05. The van der Waals surface area contributed by atoms with Gasteiger partial charge in [0.15, 0.2) is 6.10 Å². The van der Waals surface area contributed by atoms with E-state index in [9.17, 15) is 19.0 Å². The highest BCUT2D eigenvalue weighted by Gasteiger charge is 2.26. The van der Waals surface area contributed by atoms with Crippen molar-refractivity contribution in [1.29, 1.82) is 0 Å². The second-order valence-corrected chi connectivity index (χ2v) is 16.9. The van der Waals surface area contributed by atoms with Crippen LogP contribution in [-0.2, 0) is 32.7 Å². The van der Waals surface area contributed by atoms with Crippen molar-refractivity contribution in [2.75, 3.05) is 47.5 Å². The molecule has 306 valence electrons. The summed E-state index contributed by atoms with van der Waals surface area (Å²) >= 11 is 0. The summed E-state index contributed by atoms with van der Waals surface area (Å²) < 4.78 is 34.0. The Morgan fingerprint density at radius 2 is 1.10 bits per heavy atom. The van der Waals surface area contributed by atoms with E-state index in [1.165, 1.54) is 134 Å². The highest BCUT2D eigenvalue weighted by atomic mass is 31.2. The summed E-state index contributed by atoms with van der Waals surface area (Å²) in [4.78, 5) is 35.1. The van der Waals surface area contributed by atoms with Crippen molar-refractivity contribution >= 4 is 19.8 Å². The number of carbonyl (C=O) groups is 2. The van der Waals surface area contributed by atoms with Crippen LogP contribution in [-0.4, -0.2) is 74.9 Å². The van der Waals surface area contributed by atoms with Crippen LogP contribution in [0, 0.1) is 0 Å². The molecule has 0 aromatic rings. The first-order valence-corrected chi connectivity index (χ1v) is 22.6. The lowest BCUT2D eigenvalue weighted by Gasteiger charge is -2.24. The fourth-order valence-corrected chi connectivity index (χ4v) is 6.49. The molecule has 0 aromatic heterocycles. The van der Waals surface area contributed by atoms with Gasteiger partial charge in [-0.3, -0.25) is 13.8 Å². The molecular formula is C42H81NO8P+. The number of allylic oxidation sites excluding steroid dienone is 3. The molecule has 0 radical (unpaired) electrons. The Morgan fingerprint density at radius 3 is 1.58 bits per heavy atom. The van der Waals surface area contributed by atoms with Crippen LogP contribution in [0.5, 0.6) is 0 Å². The topological polar surface area (TPSA) is 108 Å². The molecule has 52 heavy (non-hydrogen) atoms. The lowest BCUT2D eigenvalue weighted by Crippen LogP contribution is -2.37. The monoisotopic (exact) mass is 759 g/mol. The maximum atomic E-state index is 12.5. The Balaban J connectivity index is 4.46. The molecule has 0 amide bonds. The van der Waals surface area contributed by atoms with Gasteiger partial charge in [0, 0.05) is 12.5 Å². The molecule has 0 aliphatic rings. The number of unbranched alkanes of at least 4 members (excludes halogenated alkanes) is 23. The highest BCUT2D eigenvalue weighted by Crippen LogP contribution is 2.43. The molecule has 0 aromatic carbocycles. The quantitative estimate of drug-likeness (QED) is 0.0166. The minimum Gasteiger partial charge on any atom is -0.462 e.